The molecule has 0 atom stereocenters. The van der Waals surface area contributed by atoms with Crippen LogP contribution in [0.3, 0.4) is 0 Å². The molecule has 2 aromatic carbocycles. The summed E-state index contributed by atoms with van der Waals surface area (Å²) < 4.78 is 2.04. The van der Waals surface area contributed by atoms with Crippen molar-refractivity contribution in [3.8, 4) is 5.69 Å². The Kier molecular flexibility index (Phi) is 3.44. The number of anilines is 2. The van der Waals surface area contributed by atoms with Crippen molar-refractivity contribution in [3.63, 3.8) is 0 Å². The first-order chi connectivity index (χ1) is 11.3. The van der Waals surface area contributed by atoms with Crippen LogP contribution in [-0.4, -0.2) is 14.5 Å². The fourth-order valence-electron chi connectivity index (χ4n) is 2.48. The number of benzene rings is 2. The molecule has 0 aliphatic carbocycles. The number of halogens is 1. The van der Waals surface area contributed by atoms with Crippen molar-refractivity contribution in [2.24, 2.45) is 0 Å². The molecule has 23 heavy (non-hydrogen) atoms. The highest BCUT2D eigenvalue weighted by Gasteiger charge is 2.07. The Labute approximate surface area is 138 Å². The number of para-hydroxylation sites is 2. The van der Waals surface area contributed by atoms with Gasteiger partial charge in [-0.2, -0.15) is 0 Å². The Hall–Kier alpha value is -2.85. The smallest absolute Gasteiger partial charge is 0.132 e. The van der Waals surface area contributed by atoms with E-state index in [2.05, 4.69) is 15.3 Å². The molecule has 2 heterocycles. The quantitative estimate of drug-likeness (QED) is 0.588. The Bertz CT molecular complexity index is 963. The first-order valence-corrected chi connectivity index (χ1v) is 7.59. The molecule has 0 saturated heterocycles. The number of hydrogen-bond acceptors (Lipinski definition) is 3. The standard InChI is InChI=1S/C18H13ClN4/c19-14-8-4-5-9-15(14)22-18-10-17-16(11-20-18)21-12-23(17)13-6-2-1-3-7-13/h1-12H,(H,20,22). The maximum absolute atomic E-state index is 6.19. The van der Waals surface area contributed by atoms with E-state index in [-0.39, 0.29) is 0 Å². The number of nitrogens with zero attached hydrogens (tertiary/aromatic N) is 3. The van der Waals surface area contributed by atoms with Crippen LogP contribution in [0.5, 0.6) is 0 Å². The first-order valence-electron chi connectivity index (χ1n) is 7.21. The summed E-state index contributed by atoms with van der Waals surface area (Å²) in [5.41, 5.74) is 3.72. The van der Waals surface area contributed by atoms with Gasteiger partial charge in [0, 0.05) is 11.8 Å². The fourth-order valence-corrected chi connectivity index (χ4v) is 2.66. The highest BCUT2D eigenvalue weighted by Crippen LogP contribution is 2.26. The maximum atomic E-state index is 6.19. The second-order valence-corrected chi connectivity index (χ2v) is 5.52. The van der Waals surface area contributed by atoms with Crippen LogP contribution < -0.4 is 5.32 Å². The third-order valence-corrected chi connectivity index (χ3v) is 3.93. The summed E-state index contributed by atoms with van der Waals surface area (Å²) in [7, 11) is 0. The molecule has 0 aliphatic heterocycles. The molecular weight excluding hydrogens is 308 g/mol. The van der Waals surface area contributed by atoms with E-state index in [1.54, 1.807) is 12.5 Å². The SMILES string of the molecule is Clc1ccccc1Nc1cc2c(cn1)ncn2-c1ccccc1. The molecule has 1 N–H and O–H groups in total. The Morgan fingerprint density at radius 2 is 1.70 bits per heavy atom. The van der Waals surface area contributed by atoms with Crippen molar-refractivity contribution in [1.82, 2.24) is 14.5 Å². The van der Waals surface area contributed by atoms with Crippen LogP contribution in [0.2, 0.25) is 5.02 Å². The van der Waals surface area contributed by atoms with E-state index < -0.39 is 0 Å². The molecule has 4 nitrogen and oxygen atoms in total. The van der Waals surface area contributed by atoms with Crippen LogP contribution in [0.1, 0.15) is 0 Å². The number of hydrogen-bond donors (Lipinski definition) is 1. The van der Waals surface area contributed by atoms with Crippen molar-refractivity contribution >= 4 is 34.1 Å². The lowest BCUT2D eigenvalue weighted by Gasteiger charge is -2.08. The minimum atomic E-state index is 0.658. The molecule has 0 saturated carbocycles. The van der Waals surface area contributed by atoms with E-state index in [9.17, 15) is 0 Å². The third-order valence-electron chi connectivity index (χ3n) is 3.60. The molecule has 0 unspecified atom stereocenters. The monoisotopic (exact) mass is 320 g/mol. The van der Waals surface area contributed by atoms with Crippen molar-refractivity contribution in [3.05, 3.63) is 78.2 Å². The van der Waals surface area contributed by atoms with Crippen LogP contribution >= 0.6 is 11.6 Å². The number of aromatic nitrogens is 3. The van der Waals surface area contributed by atoms with E-state index in [0.717, 1.165) is 28.2 Å². The molecule has 4 rings (SSSR count). The zero-order chi connectivity index (χ0) is 15.6. The lowest BCUT2D eigenvalue weighted by Crippen LogP contribution is -1.96. The first kappa shape index (κ1) is 13.8. The van der Waals surface area contributed by atoms with Crippen molar-refractivity contribution in [2.45, 2.75) is 0 Å². The van der Waals surface area contributed by atoms with E-state index in [4.69, 9.17) is 11.6 Å². The number of rotatable bonds is 3. The molecular formula is C18H13ClN4. The third kappa shape index (κ3) is 2.64. The Morgan fingerprint density at radius 1 is 0.913 bits per heavy atom. The summed E-state index contributed by atoms with van der Waals surface area (Å²) in [5, 5.41) is 3.91. The molecule has 2 aromatic heterocycles. The van der Waals surface area contributed by atoms with Crippen LogP contribution in [0.25, 0.3) is 16.7 Å². The van der Waals surface area contributed by atoms with Gasteiger partial charge < -0.3 is 5.32 Å². The van der Waals surface area contributed by atoms with Gasteiger partial charge in [0.2, 0.25) is 0 Å². The van der Waals surface area contributed by atoms with Gasteiger partial charge >= 0.3 is 0 Å². The van der Waals surface area contributed by atoms with Crippen molar-refractivity contribution < 1.29 is 0 Å². The second kappa shape index (κ2) is 5.74. The Balaban J connectivity index is 1.77. The molecule has 0 spiro atoms. The minimum absolute atomic E-state index is 0.658. The van der Waals surface area contributed by atoms with E-state index >= 15 is 0 Å². The summed E-state index contributed by atoms with van der Waals surface area (Å²) in [5.74, 6) is 0.725. The number of pyridine rings is 1. The molecule has 4 aromatic rings. The second-order valence-electron chi connectivity index (χ2n) is 5.11. The van der Waals surface area contributed by atoms with Gasteiger partial charge in [0.05, 0.1) is 22.4 Å². The summed E-state index contributed by atoms with van der Waals surface area (Å²) in [6.45, 7) is 0. The zero-order valence-corrected chi connectivity index (χ0v) is 12.9. The molecule has 0 radical (unpaired) electrons. The van der Waals surface area contributed by atoms with Gasteiger partial charge in [-0.05, 0) is 24.3 Å². The lowest BCUT2D eigenvalue weighted by atomic mass is 10.3. The van der Waals surface area contributed by atoms with Crippen LogP contribution in [0.4, 0.5) is 11.5 Å². The molecule has 0 fully saturated rings. The fraction of sp³-hybridized carbons (Fsp3) is 0. The van der Waals surface area contributed by atoms with Crippen molar-refractivity contribution in [1.29, 1.82) is 0 Å². The topological polar surface area (TPSA) is 42.7 Å². The summed E-state index contributed by atoms with van der Waals surface area (Å²) >= 11 is 6.19. The highest BCUT2D eigenvalue weighted by molar-refractivity contribution is 6.33. The van der Waals surface area contributed by atoms with Crippen LogP contribution in [0.15, 0.2) is 73.2 Å². The van der Waals surface area contributed by atoms with Gasteiger partial charge in [0.1, 0.15) is 17.7 Å². The van der Waals surface area contributed by atoms with Gasteiger partial charge in [0.25, 0.3) is 0 Å². The van der Waals surface area contributed by atoms with E-state index in [1.165, 1.54) is 0 Å². The molecule has 5 heteroatoms. The van der Waals surface area contributed by atoms with Gasteiger partial charge in [-0.1, -0.05) is 41.9 Å². The van der Waals surface area contributed by atoms with Crippen LogP contribution in [-0.2, 0) is 0 Å². The van der Waals surface area contributed by atoms with E-state index in [1.807, 2.05) is 65.2 Å². The predicted molar refractivity (Wildman–Crippen MR) is 93.6 cm³/mol. The summed E-state index contributed by atoms with van der Waals surface area (Å²) in [6.07, 6.45) is 3.56. The maximum Gasteiger partial charge on any atom is 0.132 e. The molecule has 0 aliphatic rings. The highest BCUT2D eigenvalue weighted by atomic mass is 35.5. The number of imidazole rings is 1. The average Bonchev–Trinajstić information content (AvgIpc) is 3.01. The summed E-state index contributed by atoms with van der Waals surface area (Å²) in [6, 6.07) is 19.7. The molecule has 0 bridgehead atoms. The van der Waals surface area contributed by atoms with Crippen LogP contribution in [0, 0.1) is 0 Å². The zero-order valence-electron chi connectivity index (χ0n) is 12.1. The number of nitrogens with one attached hydrogen (secondary N) is 1. The summed E-state index contributed by atoms with van der Waals surface area (Å²) in [4.78, 5) is 8.81. The normalized spacial score (nSPS) is 10.8. The van der Waals surface area contributed by atoms with Crippen molar-refractivity contribution in [2.75, 3.05) is 5.32 Å². The lowest BCUT2D eigenvalue weighted by molar-refractivity contribution is 1.09. The van der Waals surface area contributed by atoms with Gasteiger partial charge in [0.15, 0.2) is 0 Å². The largest absolute Gasteiger partial charge is 0.339 e. The van der Waals surface area contributed by atoms with Gasteiger partial charge in [-0.3, -0.25) is 4.57 Å². The molecule has 112 valence electrons. The molecule has 0 amide bonds. The van der Waals surface area contributed by atoms with E-state index in [0.29, 0.717) is 5.02 Å². The minimum Gasteiger partial charge on any atom is -0.339 e. The average molecular weight is 321 g/mol. The Morgan fingerprint density at radius 3 is 2.52 bits per heavy atom. The van der Waals surface area contributed by atoms with Gasteiger partial charge in [-0.15, -0.1) is 0 Å². The predicted octanol–water partition coefficient (Wildman–Crippen LogP) is 4.82. The van der Waals surface area contributed by atoms with Gasteiger partial charge in [-0.25, -0.2) is 9.97 Å². The number of fused-ring (bicyclic) bond motifs is 1.